The Hall–Kier alpha value is 1.25. The van der Waals surface area contributed by atoms with E-state index in [0.29, 0.717) is 0 Å². The molecule has 0 spiro atoms. The maximum atomic E-state index is 8.82. The average molecular weight is 257 g/mol. The standard InChI is InChI=1S/Cr.La.2H2O.2O/h;;2*1H2;;/q+2;;;;;/p-2. The fourth-order valence-corrected chi connectivity index (χ4v) is 0. The molecule has 0 amide bonds. The van der Waals surface area contributed by atoms with Crippen LogP contribution in [0.3, 0.4) is 0 Å². The van der Waals surface area contributed by atoms with E-state index >= 15 is 0 Å². The normalized spacial score (nSPS) is 9.67. The van der Waals surface area contributed by atoms with Crippen LogP contribution in [-0.4, -0.2) is 8.32 Å². The molecule has 0 saturated heterocycles. The first-order chi connectivity index (χ1) is 2.00. The fraction of sp³-hybridized carbons (Fsp3) is 0. The van der Waals surface area contributed by atoms with Crippen LogP contribution in [0.1, 0.15) is 0 Å². The molecule has 35 valence electrons. The van der Waals surface area contributed by atoms with Crippen LogP contribution in [0.5, 0.6) is 0 Å². The Morgan fingerprint density at radius 2 is 1.17 bits per heavy atom. The second kappa shape index (κ2) is 3.27. The molecule has 2 N–H and O–H groups in total. The van der Waals surface area contributed by atoms with E-state index in [1.807, 2.05) is 0 Å². The molecule has 0 aliphatic carbocycles. The van der Waals surface area contributed by atoms with Crippen molar-refractivity contribution in [3.63, 3.8) is 0 Å². The summed E-state index contributed by atoms with van der Waals surface area (Å²) >= 11 is -5.25. The summed E-state index contributed by atoms with van der Waals surface area (Å²) in [6.45, 7) is 0. The molecule has 1 radical (unpaired) electrons. The van der Waals surface area contributed by atoms with Gasteiger partial charge in [-0.1, -0.05) is 0 Å². The van der Waals surface area contributed by atoms with Crippen LogP contribution in [0, 0.1) is 35.6 Å². The van der Waals surface area contributed by atoms with Crippen molar-refractivity contribution in [2.24, 2.45) is 0 Å². The Morgan fingerprint density at radius 1 is 1.17 bits per heavy atom. The monoisotopic (exact) mass is 257 g/mol. The quantitative estimate of drug-likeness (QED) is 0.562. The van der Waals surface area contributed by atoms with Gasteiger partial charge in [0.1, 0.15) is 0 Å². The summed E-state index contributed by atoms with van der Waals surface area (Å²) < 4.78 is 31.9. The molecule has 0 fully saturated rings. The second-order valence-electron chi connectivity index (χ2n) is 0.448. The second-order valence-corrected chi connectivity index (χ2v) is 1.85. The Bertz CT molecular complexity index is 90.7. The molecular formula is H2CrLaO4. The van der Waals surface area contributed by atoms with Gasteiger partial charge in [-0.05, 0) is 0 Å². The molecule has 0 rings (SSSR count). The van der Waals surface area contributed by atoms with Crippen LogP contribution in [0.25, 0.3) is 0 Å². The maximum absolute atomic E-state index is 8.82. The van der Waals surface area contributed by atoms with Gasteiger partial charge in [0.05, 0.1) is 0 Å². The molecule has 0 unspecified atom stereocenters. The van der Waals surface area contributed by atoms with Crippen molar-refractivity contribution in [1.82, 2.24) is 0 Å². The van der Waals surface area contributed by atoms with Crippen LogP contribution >= 0.6 is 0 Å². The Labute approximate surface area is 64.5 Å². The third kappa shape index (κ3) is 60.8. The molecule has 0 atom stereocenters. The van der Waals surface area contributed by atoms with Gasteiger partial charge in [-0.25, -0.2) is 0 Å². The van der Waals surface area contributed by atoms with Gasteiger partial charge in [-0.3, -0.25) is 0 Å². The summed E-state index contributed by atoms with van der Waals surface area (Å²) in [7, 11) is 0. The Kier molecular flexibility index (Phi) is 5.61. The van der Waals surface area contributed by atoms with Crippen LogP contribution < -0.4 is 0 Å². The minimum absolute atomic E-state index is 0. The molecule has 0 heterocycles. The van der Waals surface area contributed by atoms with Crippen molar-refractivity contribution in [2.45, 2.75) is 0 Å². The molecule has 0 aliphatic rings. The van der Waals surface area contributed by atoms with E-state index in [1.165, 1.54) is 0 Å². The summed E-state index contributed by atoms with van der Waals surface area (Å²) in [6, 6.07) is 0. The summed E-state index contributed by atoms with van der Waals surface area (Å²) in [4.78, 5) is 0. The average Bonchev–Trinajstić information content (AvgIpc) is 0.722. The molecule has 0 aromatic rings. The van der Waals surface area contributed by atoms with Gasteiger partial charge in [0.25, 0.3) is 0 Å². The fourth-order valence-electron chi connectivity index (χ4n) is 0. The molecular weight excluding hydrogens is 255 g/mol. The van der Waals surface area contributed by atoms with Crippen molar-refractivity contribution < 1.29 is 65.1 Å². The topological polar surface area (TPSA) is 74.6 Å². The summed E-state index contributed by atoms with van der Waals surface area (Å²) in [5.41, 5.74) is 0. The number of hydrogen-bond donors (Lipinski definition) is 2. The first-order valence-corrected chi connectivity index (χ1v) is 2.88. The molecule has 0 aromatic heterocycles. The third-order valence-corrected chi connectivity index (χ3v) is 0. The Balaban J connectivity index is 0. The SMILES string of the molecule is [La].[O]=[Cr](=[O])([OH])[OH]. The first-order valence-electron chi connectivity index (χ1n) is 0.698. The van der Waals surface area contributed by atoms with Crippen LogP contribution in [0.4, 0.5) is 0 Å². The summed E-state index contributed by atoms with van der Waals surface area (Å²) in [6.07, 6.45) is 0. The van der Waals surface area contributed by atoms with Crippen molar-refractivity contribution in [3.05, 3.63) is 0 Å². The van der Waals surface area contributed by atoms with Gasteiger partial charge in [-0.2, -0.15) is 0 Å². The van der Waals surface area contributed by atoms with Gasteiger partial charge in [0.2, 0.25) is 0 Å². The molecule has 0 aromatic carbocycles. The number of hydrogen-bond acceptors (Lipinski definition) is 2. The van der Waals surface area contributed by atoms with Crippen LogP contribution in [0.15, 0.2) is 0 Å². The third-order valence-electron chi connectivity index (χ3n) is 0. The van der Waals surface area contributed by atoms with E-state index < -0.39 is 13.6 Å². The van der Waals surface area contributed by atoms with Crippen molar-refractivity contribution >= 4 is 0 Å². The van der Waals surface area contributed by atoms with E-state index in [9.17, 15) is 0 Å². The van der Waals surface area contributed by atoms with E-state index in [2.05, 4.69) is 0 Å². The predicted octanol–water partition coefficient (Wildman–Crippen LogP) is -1.35. The van der Waals surface area contributed by atoms with Crippen molar-refractivity contribution in [2.75, 3.05) is 0 Å². The van der Waals surface area contributed by atoms with E-state index in [4.69, 9.17) is 15.9 Å². The van der Waals surface area contributed by atoms with Gasteiger partial charge < -0.3 is 0 Å². The molecule has 0 aliphatic heterocycles. The van der Waals surface area contributed by atoms with Crippen molar-refractivity contribution in [1.29, 1.82) is 0 Å². The molecule has 0 saturated carbocycles. The zero-order valence-corrected chi connectivity index (χ0v) is 7.60. The van der Waals surface area contributed by atoms with Gasteiger partial charge in [-0.15, -0.1) is 0 Å². The van der Waals surface area contributed by atoms with E-state index in [0.717, 1.165) is 0 Å². The minimum atomic E-state index is -5.25. The zero-order chi connectivity index (χ0) is 4.50. The Morgan fingerprint density at radius 3 is 1.17 bits per heavy atom. The first kappa shape index (κ1) is 10.3. The summed E-state index contributed by atoms with van der Waals surface area (Å²) in [5.74, 6) is 0. The van der Waals surface area contributed by atoms with Crippen molar-refractivity contribution in [3.8, 4) is 0 Å². The molecule has 0 bridgehead atoms. The van der Waals surface area contributed by atoms with Crippen LogP contribution in [0.2, 0.25) is 0 Å². The van der Waals surface area contributed by atoms with E-state index in [-0.39, 0.29) is 35.6 Å². The van der Waals surface area contributed by atoms with E-state index in [1.54, 1.807) is 0 Å². The number of rotatable bonds is 0. The van der Waals surface area contributed by atoms with Gasteiger partial charge in [0.15, 0.2) is 0 Å². The molecule has 6 heavy (non-hydrogen) atoms. The van der Waals surface area contributed by atoms with Gasteiger partial charge >= 0.3 is 29.5 Å². The summed E-state index contributed by atoms with van der Waals surface area (Å²) in [5, 5.41) is 0. The molecule has 6 heteroatoms. The zero-order valence-electron chi connectivity index (χ0n) is 2.70. The van der Waals surface area contributed by atoms with Crippen LogP contribution in [-0.2, 0) is 21.2 Å². The predicted molar refractivity (Wildman–Crippen MR) is 5.81 cm³/mol. The molecule has 4 nitrogen and oxygen atoms in total. The van der Waals surface area contributed by atoms with Gasteiger partial charge in [0, 0.05) is 35.6 Å².